The minimum absolute atomic E-state index is 0. The first-order valence-electron chi connectivity index (χ1n) is 8.87. The number of hydrogen-bond acceptors (Lipinski definition) is 3. The molecule has 3 rings (SSSR count). The van der Waals surface area contributed by atoms with Gasteiger partial charge in [-0.05, 0) is 50.2 Å². The third-order valence-corrected chi connectivity index (χ3v) is 5.37. The zero-order chi connectivity index (χ0) is 16.2. The van der Waals surface area contributed by atoms with Crippen molar-refractivity contribution in [2.45, 2.75) is 57.0 Å². The molecule has 3 atom stereocenters. The average Bonchev–Trinajstić information content (AvgIpc) is 3.03. The van der Waals surface area contributed by atoms with Crippen LogP contribution in [0.5, 0.6) is 5.75 Å². The van der Waals surface area contributed by atoms with E-state index in [1.54, 1.807) is 7.11 Å². The maximum atomic E-state index is 12.9. The van der Waals surface area contributed by atoms with E-state index < -0.39 is 0 Å². The summed E-state index contributed by atoms with van der Waals surface area (Å²) in [6, 6.07) is 8.64. The molecule has 4 nitrogen and oxygen atoms in total. The number of carbonyl (C=O) groups is 1. The van der Waals surface area contributed by atoms with E-state index in [1.165, 1.54) is 5.56 Å². The molecular weight excluding hydrogens is 324 g/mol. The average molecular weight is 353 g/mol. The van der Waals surface area contributed by atoms with Crippen LogP contribution >= 0.6 is 12.4 Å². The van der Waals surface area contributed by atoms with Gasteiger partial charge in [-0.2, -0.15) is 0 Å². The summed E-state index contributed by atoms with van der Waals surface area (Å²) in [7, 11) is 1.71. The van der Waals surface area contributed by atoms with E-state index in [9.17, 15) is 4.79 Å². The molecule has 1 saturated heterocycles. The summed E-state index contributed by atoms with van der Waals surface area (Å²) in [6.45, 7) is 0.893. The second-order valence-corrected chi connectivity index (χ2v) is 6.97. The summed E-state index contributed by atoms with van der Waals surface area (Å²) in [5.74, 6) is 1.39. The minimum atomic E-state index is 0. The molecule has 2 N–H and O–H groups in total. The van der Waals surface area contributed by atoms with E-state index in [0.29, 0.717) is 11.9 Å². The maximum Gasteiger partial charge on any atom is 0.225 e. The Hall–Kier alpha value is -1.26. The normalized spacial score (nSPS) is 26.8. The lowest BCUT2D eigenvalue weighted by atomic mass is 9.85. The molecule has 0 bridgehead atoms. The van der Waals surface area contributed by atoms with Crippen molar-refractivity contribution in [3.05, 3.63) is 29.8 Å². The Balaban J connectivity index is 0.00000208. The fourth-order valence-electron chi connectivity index (χ4n) is 4.15. The number of methoxy groups -OCH3 is 1. The van der Waals surface area contributed by atoms with Crippen molar-refractivity contribution in [2.75, 3.05) is 13.7 Å². The van der Waals surface area contributed by atoms with Crippen LogP contribution in [0.15, 0.2) is 24.3 Å². The fraction of sp³-hybridized carbons (Fsp3) is 0.632. The molecule has 1 aromatic carbocycles. The van der Waals surface area contributed by atoms with E-state index in [2.05, 4.69) is 11.0 Å². The number of likely N-dealkylation sites (tertiary alicyclic amines) is 1. The molecule has 2 aliphatic rings. The van der Waals surface area contributed by atoms with Gasteiger partial charge in [0.1, 0.15) is 5.75 Å². The molecule has 1 saturated carbocycles. The number of nitrogens with zero attached hydrogens (tertiary/aromatic N) is 1. The molecule has 1 aromatic rings. The van der Waals surface area contributed by atoms with Crippen LogP contribution in [0.2, 0.25) is 0 Å². The molecule has 1 aliphatic carbocycles. The summed E-state index contributed by atoms with van der Waals surface area (Å²) in [6.07, 6.45) is 7.08. The number of carbonyl (C=O) groups excluding carboxylic acids is 1. The Kier molecular flexibility index (Phi) is 6.93. The van der Waals surface area contributed by atoms with Gasteiger partial charge in [0.2, 0.25) is 5.91 Å². The Morgan fingerprint density at radius 2 is 2.04 bits per heavy atom. The first kappa shape index (κ1) is 19.1. The maximum absolute atomic E-state index is 12.9. The largest absolute Gasteiger partial charge is 0.496 e. The lowest BCUT2D eigenvalue weighted by molar-refractivity contribution is -0.137. The molecule has 1 aliphatic heterocycles. The highest BCUT2D eigenvalue weighted by molar-refractivity contribution is 5.85. The highest BCUT2D eigenvalue weighted by Gasteiger charge is 2.35. The van der Waals surface area contributed by atoms with Crippen molar-refractivity contribution < 1.29 is 9.53 Å². The lowest BCUT2D eigenvalue weighted by Gasteiger charge is -2.32. The van der Waals surface area contributed by atoms with Crippen molar-refractivity contribution in [1.82, 2.24) is 4.90 Å². The fourth-order valence-corrected chi connectivity index (χ4v) is 4.15. The first-order valence-corrected chi connectivity index (χ1v) is 8.87. The Morgan fingerprint density at radius 3 is 2.79 bits per heavy atom. The van der Waals surface area contributed by atoms with Crippen LogP contribution in [-0.4, -0.2) is 36.5 Å². The molecule has 24 heavy (non-hydrogen) atoms. The van der Waals surface area contributed by atoms with Crippen LogP contribution in [0.25, 0.3) is 0 Å². The molecule has 2 fully saturated rings. The molecule has 0 aromatic heterocycles. The topological polar surface area (TPSA) is 55.6 Å². The number of nitrogens with two attached hydrogens (primary N) is 1. The Morgan fingerprint density at radius 1 is 1.25 bits per heavy atom. The molecule has 3 unspecified atom stereocenters. The van der Waals surface area contributed by atoms with E-state index in [0.717, 1.165) is 57.2 Å². The van der Waals surface area contributed by atoms with Gasteiger partial charge in [0, 0.05) is 24.5 Å². The van der Waals surface area contributed by atoms with Gasteiger partial charge in [-0.3, -0.25) is 4.79 Å². The Bertz CT molecular complexity index is 552. The van der Waals surface area contributed by atoms with Gasteiger partial charge in [0.05, 0.1) is 7.11 Å². The van der Waals surface area contributed by atoms with E-state index in [-0.39, 0.29) is 24.4 Å². The van der Waals surface area contributed by atoms with Gasteiger partial charge in [-0.25, -0.2) is 0 Å². The molecule has 5 heteroatoms. The van der Waals surface area contributed by atoms with Crippen LogP contribution in [0.1, 0.15) is 44.1 Å². The quantitative estimate of drug-likeness (QED) is 0.905. The monoisotopic (exact) mass is 352 g/mol. The van der Waals surface area contributed by atoms with Gasteiger partial charge < -0.3 is 15.4 Å². The molecule has 0 spiro atoms. The molecular formula is C19H29ClN2O2. The number of rotatable bonds is 4. The van der Waals surface area contributed by atoms with Crippen molar-refractivity contribution in [2.24, 2.45) is 11.7 Å². The van der Waals surface area contributed by atoms with E-state index >= 15 is 0 Å². The highest BCUT2D eigenvalue weighted by atomic mass is 35.5. The number of para-hydroxylation sites is 1. The van der Waals surface area contributed by atoms with Gasteiger partial charge in [-0.1, -0.05) is 24.6 Å². The summed E-state index contributed by atoms with van der Waals surface area (Å²) >= 11 is 0. The second kappa shape index (κ2) is 8.72. The van der Waals surface area contributed by atoms with Crippen molar-refractivity contribution in [1.29, 1.82) is 0 Å². The zero-order valence-corrected chi connectivity index (χ0v) is 15.3. The number of hydrogen-bond donors (Lipinski definition) is 1. The van der Waals surface area contributed by atoms with Crippen molar-refractivity contribution >= 4 is 18.3 Å². The van der Waals surface area contributed by atoms with Crippen LogP contribution in [0.3, 0.4) is 0 Å². The molecule has 1 amide bonds. The third kappa shape index (κ3) is 4.22. The summed E-state index contributed by atoms with van der Waals surface area (Å²) in [5.41, 5.74) is 7.26. The summed E-state index contributed by atoms with van der Waals surface area (Å²) < 4.78 is 5.46. The van der Waals surface area contributed by atoms with Crippen LogP contribution in [-0.2, 0) is 11.2 Å². The predicted octanol–water partition coefficient (Wildman–Crippen LogP) is 3.17. The minimum Gasteiger partial charge on any atom is -0.496 e. The number of halogens is 1. The first-order chi connectivity index (χ1) is 11.2. The van der Waals surface area contributed by atoms with Crippen LogP contribution in [0, 0.1) is 5.92 Å². The molecule has 1 heterocycles. The molecule has 0 radical (unpaired) electrons. The van der Waals surface area contributed by atoms with E-state index in [4.69, 9.17) is 10.5 Å². The van der Waals surface area contributed by atoms with Crippen LogP contribution < -0.4 is 10.5 Å². The lowest BCUT2D eigenvalue weighted by Crippen LogP contribution is -2.43. The smallest absolute Gasteiger partial charge is 0.225 e. The van der Waals surface area contributed by atoms with Crippen molar-refractivity contribution in [3.63, 3.8) is 0 Å². The van der Waals surface area contributed by atoms with Crippen LogP contribution in [0.4, 0.5) is 0 Å². The highest BCUT2D eigenvalue weighted by Crippen LogP contribution is 2.31. The van der Waals surface area contributed by atoms with Gasteiger partial charge >= 0.3 is 0 Å². The second-order valence-electron chi connectivity index (χ2n) is 6.97. The Labute approximate surface area is 151 Å². The zero-order valence-electron chi connectivity index (χ0n) is 14.4. The predicted molar refractivity (Wildman–Crippen MR) is 98.6 cm³/mol. The van der Waals surface area contributed by atoms with Gasteiger partial charge in [0.25, 0.3) is 0 Å². The number of ether oxygens (including phenoxy) is 1. The summed E-state index contributed by atoms with van der Waals surface area (Å²) in [5, 5.41) is 0. The standard InChI is InChI=1S/C19H28N2O2.ClH/c1-23-18-10-3-2-6-14(18)13-17-9-5-11-21(17)19(22)15-7-4-8-16(20)12-15;/h2-3,6,10,15-17H,4-5,7-9,11-13,20H2,1H3;1H. The third-order valence-electron chi connectivity index (χ3n) is 5.37. The van der Waals surface area contributed by atoms with E-state index in [1.807, 2.05) is 18.2 Å². The van der Waals surface area contributed by atoms with Gasteiger partial charge in [0.15, 0.2) is 0 Å². The van der Waals surface area contributed by atoms with Crippen molar-refractivity contribution in [3.8, 4) is 5.75 Å². The number of benzene rings is 1. The SMILES string of the molecule is COc1ccccc1CC1CCCN1C(=O)C1CCCC(N)C1.Cl. The summed E-state index contributed by atoms with van der Waals surface area (Å²) in [4.78, 5) is 15.1. The van der Waals surface area contributed by atoms with Gasteiger partial charge in [-0.15, -0.1) is 12.4 Å². The molecule has 134 valence electrons. The number of amides is 1.